The summed E-state index contributed by atoms with van der Waals surface area (Å²) in [6.45, 7) is 3.24. The Morgan fingerprint density at radius 1 is 1.06 bits per heavy atom. The molecule has 0 aromatic heterocycles. The van der Waals surface area contributed by atoms with Crippen LogP contribution in [0, 0.1) is 10.1 Å². The van der Waals surface area contributed by atoms with Crippen molar-refractivity contribution >= 4 is 19.0 Å². The number of nitrogens with zero attached hydrogens (tertiary/aromatic N) is 1. The van der Waals surface area contributed by atoms with E-state index in [0.29, 0.717) is 11.8 Å². The van der Waals surface area contributed by atoms with Crippen LogP contribution < -0.4 is 14.8 Å². The lowest BCUT2D eigenvalue weighted by Crippen LogP contribution is -2.12. The molecule has 9 nitrogen and oxygen atoms in total. The number of benzene rings is 2. The fraction of sp³-hybridized carbons (Fsp3) is 0.368. The third-order valence-corrected chi connectivity index (χ3v) is 5.85. The van der Waals surface area contributed by atoms with Crippen molar-refractivity contribution in [2.75, 3.05) is 31.9 Å². The molecular formula is C19H22F3N2O7P. The zero-order valence-electron chi connectivity index (χ0n) is 17.5. The van der Waals surface area contributed by atoms with Crippen LogP contribution >= 0.6 is 7.60 Å². The highest BCUT2D eigenvalue weighted by atomic mass is 31.2. The van der Waals surface area contributed by atoms with Crippen LogP contribution in [0.5, 0.6) is 17.2 Å². The average molecular weight is 478 g/mol. The largest absolute Gasteiger partial charge is 0.497 e. The molecule has 0 aliphatic rings. The molecule has 0 fully saturated rings. The van der Waals surface area contributed by atoms with Crippen molar-refractivity contribution in [3.63, 3.8) is 0 Å². The maximum absolute atomic E-state index is 13.6. The molecule has 0 atom stereocenters. The molecule has 0 aliphatic heterocycles. The van der Waals surface area contributed by atoms with Gasteiger partial charge in [-0.1, -0.05) is 0 Å². The standard InChI is InChI=1S/C19H22F3N2O7P/c1-4-29-32(27,30-5-2)12-23-16-11-18(31-14-8-6-13(28-3)7-9-14)15(19(20,21)22)10-17(16)24(25)26/h6-11,23H,4-5,12H2,1-3H3. The second kappa shape index (κ2) is 10.7. The molecule has 2 aromatic carbocycles. The summed E-state index contributed by atoms with van der Waals surface area (Å²) in [4.78, 5) is 10.4. The number of alkyl halides is 3. The Bertz CT molecular complexity index is 974. The zero-order valence-corrected chi connectivity index (χ0v) is 18.4. The third kappa shape index (κ3) is 6.59. The predicted octanol–water partition coefficient (Wildman–Crippen LogP) is 6.05. The van der Waals surface area contributed by atoms with Crippen LogP contribution in [0.1, 0.15) is 19.4 Å². The summed E-state index contributed by atoms with van der Waals surface area (Å²) in [5.41, 5.74) is -2.56. The Morgan fingerprint density at radius 3 is 2.09 bits per heavy atom. The fourth-order valence-corrected chi connectivity index (χ4v) is 4.05. The minimum absolute atomic E-state index is 0.0416. The van der Waals surface area contributed by atoms with Gasteiger partial charge in [0, 0.05) is 12.1 Å². The Labute approximate surface area is 182 Å². The number of nitrogens with one attached hydrogen (secondary N) is 1. The number of methoxy groups -OCH3 is 1. The van der Waals surface area contributed by atoms with Crippen LogP contribution in [-0.4, -0.2) is 31.5 Å². The summed E-state index contributed by atoms with van der Waals surface area (Å²) >= 11 is 0. The third-order valence-electron chi connectivity index (χ3n) is 4.00. The van der Waals surface area contributed by atoms with Crippen LogP contribution in [0.4, 0.5) is 24.5 Å². The van der Waals surface area contributed by atoms with Crippen LogP contribution in [0.25, 0.3) is 0 Å². The number of halogens is 3. The van der Waals surface area contributed by atoms with E-state index in [1.165, 1.54) is 31.4 Å². The Kier molecular flexibility index (Phi) is 8.48. The van der Waals surface area contributed by atoms with E-state index in [9.17, 15) is 27.9 Å². The van der Waals surface area contributed by atoms with Gasteiger partial charge in [0.05, 0.1) is 25.2 Å². The quantitative estimate of drug-likeness (QED) is 0.236. The lowest BCUT2D eigenvalue weighted by Gasteiger charge is -2.19. The molecule has 1 N–H and O–H groups in total. The first kappa shape index (κ1) is 25.4. The molecule has 0 saturated heterocycles. The molecule has 0 unspecified atom stereocenters. The minimum Gasteiger partial charge on any atom is -0.497 e. The van der Waals surface area contributed by atoms with Crippen molar-refractivity contribution in [1.82, 2.24) is 0 Å². The van der Waals surface area contributed by atoms with Gasteiger partial charge >= 0.3 is 13.8 Å². The Hall–Kier alpha value is -2.82. The second-order valence-corrected chi connectivity index (χ2v) is 8.23. The molecule has 0 bridgehead atoms. The van der Waals surface area contributed by atoms with Gasteiger partial charge in [-0.15, -0.1) is 0 Å². The summed E-state index contributed by atoms with van der Waals surface area (Å²) in [5.74, 6) is -0.175. The van der Waals surface area contributed by atoms with E-state index in [2.05, 4.69) is 5.32 Å². The Morgan fingerprint density at radius 2 is 1.62 bits per heavy atom. The maximum Gasteiger partial charge on any atom is 0.420 e. The number of rotatable bonds is 11. The molecule has 0 radical (unpaired) electrons. The van der Waals surface area contributed by atoms with Crippen molar-refractivity contribution in [3.8, 4) is 17.2 Å². The molecule has 2 aromatic rings. The van der Waals surface area contributed by atoms with Crippen LogP contribution in [-0.2, 0) is 19.8 Å². The highest BCUT2D eigenvalue weighted by molar-refractivity contribution is 7.53. The van der Waals surface area contributed by atoms with Crippen LogP contribution in [0.3, 0.4) is 0 Å². The summed E-state index contributed by atoms with van der Waals surface area (Å²) in [7, 11) is -2.25. The van der Waals surface area contributed by atoms with Gasteiger partial charge in [0.25, 0.3) is 5.69 Å². The number of hydrogen-bond donors (Lipinski definition) is 1. The smallest absolute Gasteiger partial charge is 0.420 e. The van der Waals surface area contributed by atoms with Gasteiger partial charge in [0.2, 0.25) is 0 Å². The van der Waals surface area contributed by atoms with Gasteiger partial charge in [0.1, 0.15) is 34.8 Å². The molecule has 176 valence electrons. The average Bonchev–Trinajstić information content (AvgIpc) is 2.72. The van der Waals surface area contributed by atoms with Crippen molar-refractivity contribution in [2.24, 2.45) is 0 Å². The molecule has 0 aliphatic carbocycles. The molecule has 0 amide bonds. The van der Waals surface area contributed by atoms with Gasteiger partial charge in [0.15, 0.2) is 0 Å². The summed E-state index contributed by atoms with van der Waals surface area (Å²) in [6.07, 6.45) is -5.43. The van der Waals surface area contributed by atoms with E-state index in [1.54, 1.807) is 13.8 Å². The van der Waals surface area contributed by atoms with E-state index in [4.69, 9.17) is 18.5 Å². The molecule has 2 rings (SSSR count). The minimum atomic E-state index is -4.93. The summed E-state index contributed by atoms with van der Waals surface area (Å²) in [5, 5.41) is 13.9. The van der Waals surface area contributed by atoms with E-state index < -0.39 is 42.0 Å². The number of nitro groups is 1. The molecule has 32 heavy (non-hydrogen) atoms. The highest BCUT2D eigenvalue weighted by Crippen LogP contribution is 2.49. The molecule has 0 spiro atoms. The fourth-order valence-electron chi connectivity index (χ4n) is 2.64. The summed E-state index contributed by atoms with van der Waals surface area (Å²) < 4.78 is 74.0. The summed E-state index contributed by atoms with van der Waals surface area (Å²) in [6, 6.07) is 6.90. The van der Waals surface area contributed by atoms with E-state index >= 15 is 0 Å². The van der Waals surface area contributed by atoms with E-state index in [-0.39, 0.29) is 24.7 Å². The maximum atomic E-state index is 13.6. The van der Waals surface area contributed by atoms with Crippen molar-refractivity contribution in [1.29, 1.82) is 0 Å². The van der Waals surface area contributed by atoms with E-state index in [0.717, 1.165) is 6.07 Å². The first-order chi connectivity index (χ1) is 15.0. The second-order valence-electron chi connectivity index (χ2n) is 6.18. The van der Waals surface area contributed by atoms with Crippen molar-refractivity contribution in [2.45, 2.75) is 20.0 Å². The Balaban J connectivity index is 2.49. The van der Waals surface area contributed by atoms with Crippen molar-refractivity contribution in [3.05, 3.63) is 52.1 Å². The first-order valence-corrected chi connectivity index (χ1v) is 11.1. The van der Waals surface area contributed by atoms with Crippen molar-refractivity contribution < 1.29 is 41.2 Å². The van der Waals surface area contributed by atoms with Gasteiger partial charge in [-0.2, -0.15) is 13.2 Å². The van der Waals surface area contributed by atoms with Gasteiger partial charge < -0.3 is 23.8 Å². The highest BCUT2D eigenvalue weighted by Gasteiger charge is 2.38. The number of anilines is 1. The molecular weight excluding hydrogens is 456 g/mol. The lowest BCUT2D eigenvalue weighted by molar-refractivity contribution is -0.384. The molecule has 0 heterocycles. The zero-order chi connectivity index (χ0) is 23.9. The molecule has 0 saturated carbocycles. The lowest BCUT2D eigenvalue weighted by atomic mass is 10.1. The van der Waals surface area contributed by atoms with Gasteiger partial charge in [-0.25, -0.2) is 0 Å². The van der Waals surface area contributed by atoms with E-state index in [1.807, 2.05) is 0 Å². The van der Waals surface area contributed by atoms with Crippen LogP contribution in [0.2, 0.25) is 0 Å². The number of ether oxygens (including phenoxy) is 2. The predicted molar refractivity (Wildman–Crippen MR) is 111 cm³/mol. The van der Waals surface area contributed by atoms with Gasteiger partial charge in [-0.3, -0.25) is 14.7 Å². The normalized spacial score (nSPS) is 11.8. The number of hydrogen-bond acceptors (Lipinski definition) is 8. The first-order valence-electron chi connectivity index (χ1n) is 9.36. The molecule has 13 heteroatoms. The van der Waals surface area contributed by atoms with Gasteiger partial charge in [-0.05, 0) is 38.1 Å². The van der Waals surface area contributed by atoms with Crippen LogP contribution in [0.15, 0.2) is 36.4 Å². The topological polar surface area (TPSA) is 109 Å². The monoisotopic (exact) mass is 478 g/mol. The SMILES string of the molecule is CCOP(=O)(CNc1cc(Oc2ccc(OC)cc2)c(C(F)(F)F)cc1[N+](=O)[O-])OCC. The number of nitro benzene ring substituents is 1.